The number of nitrogens with two attached hydrogens (primary N) is 1. The second kappa shape index (κ2) is 10.8. The van der Waals surface area contributed by atoms with Crippen molar-refractivity contribution in [1.82, 2.24) is 24.7 Å². The highest BCUT2D eigenvalue weighted by molar-refractivity contribution is 5.95. The third-order valence-electron chi connectivity index (χ3n) is 5.35. The minimum Gasteiger partial charge on any atom is -0.488 e. The van der Waals surface area contributed by atoms with E-state index in [2.05, 4.69) is 25.4 Å². The maximum absolute atomic E-state index is 15.7. The van der Waals surface area contributed by atoms with Gasteiger partial charge in [-0.05, 0) is 48.4 Å². The molecule has 1 atom stereocenters. The normalized spacial score (nSPS) is 11.8. The molecule has 0 bridgehead atoms. The van der Waals surface area contributed by atoms with Crippen molar-refractivity contribution in [3.63, 3.8) is 0 Å². The average molecular weight is 493 g/mol. The molecule has 0 saturated heterocycles. The van der Waals surface area contributed by atoms with Crippen LogP contribution in [0.2, 0.25) is 0 Å². The number of nitrogen functional groups attached to an aromatic ring is 1. The lowest BCUT2D eigenvalue weighted by Gasteiger charge is -2.21. The molecule has 0 aliphatic heterocycles. The number of benzene rings is 2. The highest BCUT2D eigenvalue weighted by Crippen LogP contribution is 2.32. The van der Waals surface area contributed by atoms with Gasteiger partial charge in [0.2, 0.25) is 0 Å². The van der Waals surface area contributed by atoms with E-state index >= 15 is 4.39 Å². The Morgan fingerprint density at radius 3 is 2.64 bits per heavy atom. The van der Waals surface area contributed by atoms with Gasteiger partial charge in [-0.3, -0.25) is 10.4 Å². The zero-order chi connectivity index (χ0) is 25.7. The third-order valence-corrected chi connectivity index (χ3v) is 5.35. The number of ether oxygens (including phenoxy) is 1. The Balaban J connectivity index is 1.84. The van der Waals surface area contributed by atoms with Gasteiger partial charge in [0, 0.05) is 29.2 Å². The van der Waals surface area contributed by atoms with Crippen LogP contribution in [0.5, 0.6) is 5.75 Å². The van der Waals surface area contributed by atoms with Crippen molar-refractivity contribution < 1.29 is 14.2 Å². The number of aryl methyl sites for hydroxylation is 1. The summed E-state index contributed by atoms with van der Waals surface area (Å²) < 4.78 is 22.1. The Kier molecular flexibility index (Phi) is 7.35. The number of rotatable bonds is 10. The Morgan fingerprint density at radius 2 is 2.00 bits per heavy atom. The number of hydrogen-bond acceptors (Lipinski definition) is 8. The van der Waals surface area contributed by atoms with Gasteiger partial charge in [-0.15, -0.1) is 9.78 Å². The first-order valence-corrected chi connectivity index (χ1v) is 11.1. The zero-order valence-electron chi connectivity index (χ0n) is 19.4. The van der Waals surface area contributed by atoms with Crippen LogP contribution in [0.15, 0.2) is 59.7 Å². The first-order chi connectivity index (χ1) is 17.4. The number of nitrogens with zero attached hydrogens (tertiary/aromatic N) is 4. The molecule has 2 heterocycles. The number of aromatic nitrogens is 5. The monoisotopic (exact) mass is 492 g/mol. The van der Waals surface area contributed by atoms with Gasteiger partial charge in [0.05, 0.1) is 6.61 Å². The van der Waals surface area contributed by atoms with Crippen LogP contribution >= 0.6 is 0 Å². The molecule has 0 fully saturated rings. The van der Waals surface area contributed by atoms with Gasteiger partial charge in [0.25, 0.3) is 5.95 Å². The van der Waals surface area contributed by atoms with Crippen LogP contribution in [0.1, 0.15) is 35.5 Å². The molecule has 6 N–H and O–H groups in total. The van der Waals surface area contributed by atoms with Crippen LogP contribution in [-0.4, -0.2) is 48.9 Å². The fourth-order valence-corrected chi connectivity index (χ4v) is 3.57. The fourth-order valence-electron chi connectivity index (χ4n) is 3.57. The van der Waals surface area contributed by atoms with Gasteiger partial charge >= 0.3 is 5.69 Å². The quantitative estimate of drug-likeness (QED) is 0.165. The third kappa shape index (κ3) is 5.23. The van der Waals surface area contributed by atoms with Crippen LogP contribution < -0.4 is 21.5 Å². The van der Waals surface area contributed by atoms with Crippen molar-refractivity contribution in [2.75, 3.05) is 18.5 Å². The second-order valence-electron chi connectivity index (χ2n) is 7.77. The molecule has 4 rings (SSSR count). The number of halogens is 1. The topological polar surface area (TPSA) is 168 Å². The van der Waals surface area contributed by atoms with Crippen molar-refractivity contribution in [1.29, 1.82) is 5.41 Å². The first-order valence-electron chi connectivity index (χ1n) is 11.1. The molecule has 0 spiro atoms. The van der Waals surface area contributed by atoms with E-state index in [9.17, 15) is 4.79 Å². The maximum Gasteiger partial charge on any atom is 0.350 e. The predicted octanol–water partition coefficient (Wildman–Crippen LogP) is 1.91. The summed E-state index contributed by atoms with van der Waals surface area (Å²) in [4.78, 5) is 23.5. The lowest BCUT2D eigenvalue weighted by atomic mass is 10.00. The molecule has 11 nitrogen and oxygen atoms in total. The lowest BCUT2D eigenvalue weighted by molar-refractivity contribution is 0.196. The molecular weight excluding hydrogens is 467 g/mol. The van der Waals surface area contributed by atoms with Gasteiger partial charge in [-0.1, -0.05) is 13.0 Å². The van der Waals surface area contributed by atoms with E-state index in [1.165, 1.54) is 12.4 Å². The maximum atomic E-state index is 15.7. The standard InChI is InChI=1S/C24H25FN8O3/c1-2-14-12-17(19(25)18(13-14)36-11-10-34)20(30-16-6-4-15(5-7-16)21(26)27)22-31-24(35)33(32-22)23-28-8-3-9-29-23/h3-9,12-13,20,30,34H,2,10-11H2,1H3,(H3,26,27)(H,31,32,35). The molecule has 2 aromatic carbocycles. The molecule has 0 aliphatic carbocycles. The van der Waals surface area contributed by atoms with E-state index in [1.807, 2.05) is 6.92 Å². The van der Waals surface area contributed by atoms with Crippen LogP contribution in [0, 0.1) is 11.2 Å². The molecule has 186 valence electrons. The number of aliphatic hydroxyl groups is 1. The highest BCUT2D eigenvalue weighted by atomic mass is 19.1. The number of H-pyrrole nitrogens is 1. The summed E-state index contributed by atoms with van der Waals surface area (Å²) in [5.41, 5.74) is 6.99. The van der Waals surface area contributed by atoms with Gasteiger partial charge < -0.3 is 20.9 Å². The molecule has 0 aliphatic rings. The van der Waals surface area contributed by atoms with Crippen molar-refractivity contribution in [2.24, 2.45) is 5.73 Å². The number of aromatic amines is 1. The van der Waals surface area contributed by atoms with E-state index in [0.29, 0.717) is 17.7 Å². The predicted molar refractivity (Wildman–Crippen MR) is 131 cm³/mol. The van der Waals surface area contributed by atoms with Crippen LogP contribution in [0.3, 0.4) is 0 Å². The minimum absolute atomic E-state index is 0.0229. The van der Waals surface area contributed by atoms with Gasteiger partial charge in [-0.25, -0.2) is 19.2 Å². The molecule has 0 radical (unpaired) electrons. The molecule has 12 heteroatoms. The van der Waals surface area contributed by atoms with Crippen LogP contribution in [-0.2, 0) is 6.42 Å². The van der Waals surface area contributed by atoms with E-state index in [1.54, 1.807) is 42.5 Å². The number of nitrogens with one attached hydrogen (secondary N) is 3. The Hall–Kier alpha value is -4.58. The smallest absolute Gasteiger partial charge is 0.350 e. The summed E-state index contributed by atoms with van der Waals surface area (Å²) >= 11 is 0. The molecule has 36 heavy (non-hydrogen) atoms. The largest absolute Gasteiger partial charge is 0.488 e. The summed E-state index contributed by atoms with van der Waals surface area (Å²) in [5, 5.41) is 24.3. The molecular formula is C24H25FN8O3. The summed E-state index contributed by atoms with van der Waals surface area (Å²) in [7, 11) is 0. The Labute approximate surface area is 205 Å². The van der Waals surface area contributed by atoms with Gasteiger partial charge in [0.15, 0.2) is 17.4 Å². The number of amidine groups is 1. The summed E-state index contributed by atoms with van der Waals surface area (Å²) in [6.07, 6.45) is 3.54. The Bertz CT molecular complexity index is 1400. The SMILES string of the molecule is CCc1cc(OCCO)c(F)c(C(Nc2ccc(C(=N)N)cc2)c2nn(-c3ncccn3)c(=O)[nH]2)c1. The molecule has 2 aromatic heterocycles. The second-order valence-corrected chi connectivity index (χ2v) is 7.77. The van der Waals surface area contributed by atoms with Gasteiger partial charge in [0.1, 0.15) is 18.5 Å². The number of anilines is 1. The average Bonchev–Trinajstić information content (AvgIpc) is 3.28. The molecule has 0 amide bonds. The zero-order valence-corrected chi connectivity index (χ0v) is 19.4. The van der Waals surface area contributed by atoms with Crippen molar-refractivity contribution in [3.8, 4) is 11.7 Å². The molecule has 0 saturated carbocycles. The molecule has 1 unspecified atom stereocenters. The summed E-state index contributed by atoms with van der Waals surface area (Å²) in [6, 6.07) is 10.6. The van der Waals surface area contributed by atoms with Crippen LogP contribution in [0.25, 0.3) is 5.95 Å². The van der Waals surface area contributed by atoms with E-state index in [0.717, 1.165) is 10.2 Å². The minimum atomic E-state index is -0.950. The summed E-state index contributed by atoms with van der Waals surface area (Å²) in [6.45, 7) is 1.56. The van der Waals surface area contributed by atoms with E-state index in [-0.39, 0.29) is 42.1 Å². The van der Waals surface area contributed by atoms with E-state index in [4.69, 9.17) is 21.0 Å². The van der Waals surface area contributed by atoms with E-state index < -0.39 is 17.5 Å². The first kappa shape index (κ1) is 24.5. The van der Waals surface area contributed by atoms with Gasteiger partial charge in [-0.2, -0.15) is 0 Å². The fraction of sp³-hybridized carbons (Fsp3) is 0.208. The van der Waals surface area contributed by atoms with Crippen molar-refractivity contribution in [3.05, 3.63) is 93.7 Å². The lowest BCUT2D eigenvalue weighted by Crippen LogP contribution is -2.18. The number of hydrogen-bond donors (Lipinski definition) is 5. The highest BCUT2D eigenvalue weighted by Gasteiger charge is 2.26. The van der Waals surface area contributed by atoms with Crippen molar-refractivity contribution >= 4 is 11.5 Å². The van der Waals surface area contributed by atoms with Crippen LogP contribution in [0.4, 0.5) is 10.1 Å². The Morgan fingerprint density at radius 1 is 1.28 bits per heavy atom. The van der Waals surface area contributed by atoms with Crippen molar-refractivity contribution in [2.45, 2.75) is 19.4 Å². The molecule has 4 aromatic rings. The number of aliphatic hydroxyl groups excluding tert-OH is 1. The summed E-state index contributed by atoms with van der Waals surface area (Å²) in [5.74, 6) is -0.598.